The molecule has 1 saturated heterocycles. The second-order valence-electron chi connectivity index (χ2n) is 5.52. The number of hydrazine groups is 1. The van der Waals surface area contributed by atoms with Crippen molar-refractivity contribution in [3.8, 4) is 0 Å². The first-order valence-corrected chi connectivity index (χ1v) is 5.98. The molecule has 1 N–H and O–H groups in total. The Hall–Kier alpha value is -0.570. The van der Waals surface area contributed by atoms with Crippen LogP contribution in [0.1, 0.15) is 47.0 Å². The van der Waals surface area contributed by atoms with Gasteiger partial charge in [0.1, 0.15) is 0 Å². The normalized spacial score (nSPS) is 20.3. The Bertz CT molecular complexity index is 212. The fourth-order valence-electron chi connectivity index (χ4n) is 2.11. The molecule has 0 aliphatic carbocycles. The van der Waals surface area contributed by atoms with Crippen LogP contribution in [0.4, 0.5) is 0 Å². The molecule has 88 valence electrons. The van der Waals surface area contributed by atoms with Gasteiger partial charge < -0.3 is 0 Å². The zero-order valence-corrected chi connectivity index (χ0v) is 10.5. The van der Waals surface area contributed by atoms with Crippen molar-refractivity contribution in [3.05, 3.63) is 0 Å². The Morgan fingerprint density at radius 3 is 2.27 bits per heavy atom. The SMILES string of the molecule is CCC(=O)NN1CCC(C(C)(C)C)CC1. The largest absolute Gasteiger partial charge is 0.289 e. The molecule has 0 spiro atoms. The third-order valence-corrected chi connectivity index (χ3v) is 3.32. The van der Waals surface area contributed by atoms with E-state index in [1.54, 1.807) is 0 Å². The number of nitrogens with zero attached hydrogens (tertiary/aromatic N) is 1. The van der Waals surface area contributed by atoms with Gasteiger partial charge in [-0.05, 0) is 24.2 Å². The summed E-state index contributed by atoms with van der Waals surface area (Å²) in [6.45, 7) is 10.8. The monoisotopic (exact) mass is 212 g/mol. The van der Waals surface area contributed by atoms with Crippen molar-refractivity contribution in [2.24, 2.45) is 11.3 Å². The van der Waals surface area contributed by atoms with Crippen LogP contribution in [0.15, 0.2) is 0 Å². The smallest absolute Gasteiger partial charge is 0.233 e. The van der Waals surface area contributed by atoms with Gasteiger partial charge in [-0.25, -0.2) is 5.01 Å². The first-order valence-electron chi connectivity index (χ1n) is 5.98. The van der Waals surface area contributed by atoms with Crippen LogP contribution < -0.4 is 5.43 Å². The van der Waals surface area contributed by atoms with Crippen LogP contribution in [-0.2, 0) is 4.79 Å². The fraction of sp³-hybridized carbons (Fsp3) is 0.917. The van der Waals surface area contributed by atoms with Crippen LogP contribution in [-0.4, -0.2) is 24.0 Å². The van der Waals surface area contributed by atoms with Crippen molar-refractivity contribution < 1.29 is 4.79 Å². The van der Waals surface area contributed by atoms with Crippen molar-refractivity contribution in [3.63, 3.8) is 0 Å². The van der Waals surface area contributed by atoms with E-state index in [-0.39, 0.29) is 5.91 Å². The van der Waals surface area contributed by atoms with Crippen molar-refractivity contribution in [1.29, 1.82) is 0 Å². The average molecular weight is 212 g/mol. The predicted octanol–water partition coefficient (Wildman–Crippen LogP) is 2.19. The van der Waals surface area contributed by atoms with Gasteiger partial charge in [0.05, 0.1) is 0 Å². The molecule has 15 heavy (non-hydrogen) atoms. The van der Waals surface area contributed by atoms with Crippen LogP contribution >= 0.6 is 0 Å². The number of rotatable bonds is 2. The fourth-order valence-corrected chi connectivity index (χ4v) is 2.11. The highest BCUT2D eigenvalue weighted by Gasteiger charge is 2.28. The summed E-state index contributed by atoms with van der Waals surface area (Å²) in [5.41, 5.74) is 3.34. The summed E-state index contributed by atoms with van der Waals surface area (Å²) >= 11 is 0. The summed E-state index contributed by atoms with van der Waals surface area (Å²) in [5, 5.41) is 2.06. The van der Waals surface area contributed by atoms with Crippen LogP contribution in [0.25, 0.3) is 0 Å². The van der Waals surface area contributed by atoms with E-state index in [0.717, 1.165) is 19.0 Å². The summed E-state index contributed by atoms with van der Waals surface area (Å²) in [7, 11) is 0. The highest BCUT2D eigenvalue weighted by atomic mass is 16.2. The number of carbonyl (C=O) groups excluding carboxylic acids is 1. The van der Waals surface area contributed by atoms with Gasteiger partial charge >= 0.3 is 0 Å². The zero-order chi connectivity index (χ0) is 11.5. The topological polar surface area (TPSA) is 32.3 Å². The van der Waals surface area contributed by atoms with Gasteiger partial charge in [-0.15, -0.1) is 0 Å². The Morgan fingerprint density at radius 2 is 1.87 bits per heavy atom. The first kappa shape index (κ1) is 12.5. The van der Waals surface area contributed by atoms with Crippen LogP contribution in [0.3, 0.4) is 0 Å². The molecule has 1 heterocycles. The molecule has 0 atom stereocenters. The maximum Gasteiger partial charge on any atom is 0.233 e. The third-order valence-electron chi connectivity index (χ3n) is 3.32. The summed E-state index contributed by atoms with van der Waals surface area (Å²) in [4.78, 5) is 11.2. The lowest BCUT2D eigenvalue weighted by Crippen LogP contribution is -2.47. The van der Waals surface area contributed by atoms with Crippen LogP contribution in [0, 0.1) is 11.3 Å². The number of hydrogen-bond donors (Lipinski definition) is 1. The Labute approximate surface area is 93.2 Å². The van der Waals surface area contributed by atoms with E-state index in [0.29, 0.717) is 11.8 Å². The lowest BCUT2D eigenvalue weighted by atomic mass is 9.75. The first-order chi connectivity index (χ1) is 6.93. The minimum absolute atomic E-state index is 0.129. The second kappa shape index (κ2) is 4.97. The standard InChI is InChI=1S/C12H24N2O/c1-5-11(15)13-14-8-6-10(7-9-14)12(2,3)4/h10H,5-9H2,1-4H3,(H,13,15). The van der Waals surface area contributed by atoms with Gasteiger partial charge in [-0.2, -0.15) is 0 Å². The molecular weight excluding hydrogens is 188 g/mol. The van der Waals surface area contributed by atoms with E-state index in [4.69, 9.17) is 0 Å². The lowest BCUT2D eigenvalue weighted by Gasteiger charge is -2.38. The van der Waals surface area contributed by atoms with Gasteiger partial charge in [0.2, 0.25) is 5.91 Å². The summed E-state index contributed by atoms with van der Waals surface area (Å²) < 4.78 is 0. The van der Waals surface area contributed by atoms with Crippen molar-refractivity contribution in [2.75, 3.05) is 13.1 Å². The highest BCUT2D eigenvalue weighted by Crippen LogP contribution is 2.33. The Kier molecular flexibility index (Phi) is 4.14. The minimum atomic E-state index is 0.129. The lowest BCUT2D eigenvalue weighted by molar-refractivity contribution is -0.126. The molecule has 3 nitrogen and oxygen atoms in total. The molecule has 0 aromatic heterocycles. The molecule has 0 aromatic carbocycles. The second-order valence-corrected chi connectivity index (χ2v) is 5.52. The van der Waals surface area contributed by atoms with Crippen molar-refractivity contribution >= 4 is 5.91 Å². The summed E-state index contributed by atoms with van der Waals surface area (Å²) in [6.07, 6.45) is 2.94. The molecule has 3 heteroatoms. The molecule has 0 bridgehead atoms. The quantitative estimate of drug-likeness (QED) is 0.761. The van der Waals surface area contributed by atoms with Crippen molar-refractivity contribution in [1.82, 2.24) is 10.4 Å². The zero-order valence-electron chi connectivity index (χ0n) is 10.5. The highest BCUT2D eigenvalue weighted by molar-refractivity contribution is 5.74. The molecule has 1 aliphatic heterocycles. The van der Waals surface area contributed by atoms with E-state index >= 15 is 0 Å². The van der Waals surface area contributed by atoms with Gasteiger partial charge in [0.25, 0.3) is 0 Å². The summed E-state index contributed by atoms with van der Waals surface area (Å²) in [5.74, 6) is 0.913. The average Bonchev–Trinajstić information content (AvgIpc) is 2.17. The van der Waals surface area contributed by atoms with E-state index in [9.17, 15) is 4.79 Å². The number of nitrogens with one attached hydrogen (secondary N) is 1. The Balaban J connectivity index is 2.33. The minimum Gasteiger partial charge on any atom is -0.289 e. The third kappa shape index (κ3) is 3.82. The van der Waals surface area contributed by atoms with E-state index < -0.39 is 0 Å². The van der Waals surface area contributed by atoms with E-state index in [1.807, 2.05) is 6.92 Å². The van der Waals surface area contributed by atoms with Gasteiger partial charge in [-0.1, -0.05) is 27.7 Å². The molecular formula is C12H24N2O. The number of amides is 1. The summed E-state index contributed by atoms with van der Waals surface area (Å²) in [6, 6.07) is 0. The van der Waals surface area contributed by atoms with Gasteiger partial charge in [0.15, 0.2) is 0 Å². The molecule has 1 aliphatic rings. The molecule has 0 radical (unpaired) electrons. The van der Waals surface area contributed by atoms with Crippen molar-refractivity contribution in [2.45, 2.75) is 47.0 Å². The van der Waals surface area contributed by atoms with Crippen LogP contribution in [0.2, 0.25) is 0 Å². The molecule has 0 saturated carbocycles. The van der Waals surface area contributed by atoms with E-state index in [2.05, 4.69) is 31.2 Å². The van der Waals surface area contributed by atoms with Crippen LogP contribution in [0.5, 0.6) is 0 Å². The molecule has 0 unspecified atom stereocenters. The number of piperidine rings is 1. The Morgan fingerprint density at radius 1 is 1.33 bits per heavy atom. The number of hydrogen-bond acceptors (Lipinski definition) is 2. The molecule has 0 aromatic rings. The molecule has 1 amide bonds. The van der Waals surface area contributed by atoms with Gasteiger partial charge in [-0.3, -0.25) is 10.2 Å². The maximum atomic E-state index is 11.2. The van der Waals surface area contributed by atoms with E-state index in [1.165, 1.54) is 12.8 Å². The maximum absolute atomic E-state index is 11.2. The molecule has 1 rings (SSSR count). The molecule has 1 fully saturated rings. The predicted molar refractivity (Wildman–Crippen MR) is 62.2 cm³/mol. The number of carbonyl (C=O) groups is 1. The van der Waals surface area contributed by atoms with Gasteiger partial charge in [0, 0.05) is 19.5 Å².